The number of aliphatic hydroxyl groups is 1. The molecule has 0 bridgehead atoms. The van der Waals surface area contributed by atoms with Crippen molar-refractivity contribution < 1.29 is 19.1 Å². The predicted octanol–water partition coefficient (Wildman–Crippen LogP) is 4.13. The van der Waals surface area contributed by atoms with Crippen molar-refractivity contribution in [3.05, 3.63) is 37.0 Å². The van der Waals surface area contributed by atoms with Crippen LogP contribution in [-0.4, -0.2) is 37.2 Å². The normalized spacial score (nSPS) is 22.2. The Hall–Kier alpha value is -1.17. The number of aliphatic hydroxyl groups excluding tert-OH is 1. The van der Waals surface area contributed by atoms with Crippen molar-refractivity contribution in [2.75, 3.05) is 0 Å². The zero-order chi connectivity index (χ0) is 18.2. The molecule has 0 radical (unpaired) electrons. The van der Waals surface area contributed by atoms with Gasteiger partial charge in [0.2, 0.25) is 0 Å². The molecule has 0 amide bonds. The van der Waals surface area contributed by atoms with E-state index in [0.29, 0.717) is 12.8 Å². The first-order chi connectivity index (χ1) is 11.3. The van der Waals surface area contributed by atoms with Crippen molar-refractivity contribution in [2.45, 2.75) is 76.5 Å². The molecule has 0 saturated heterocycles. The molecule has 0 saturated carbocycles. The molecule has 1 rings (SSSR count). The van der Waals surface area contributed by atoms with Crippen LogP contribution >= 0.6 is 0 Å². The second kappa shape index (κ2) is 9.35. The van der Waals surface area contributed by atoms with E-state index in [2.05, 4.69) is 27.4 Å². The second-order valence-electron chi connectivity index (χ2n) is 6.54. The lowest BCUT2D eigenvalue weighted by atomic mass is 9.95. The highest BCUT2D eigenvalue weighted by molar-refractivity contribution is 6.73. The number of rotatable bonds is 10. The molecule has 136 valence electrons. The molecule has 1 N–H and O–H groups in total. The molecule has 0 aromatic heterocycles. The van der Waals surface area contributed by atoms with Crippen LogP contribution in [0, 0.1) is 0 Å². The van der Waals surface area contributed by atoms with Crippen molar-refractivity contribution in [1.82, 2.24) is 0 Å². The Balaban J connectivity index is 3.03. The number of cyclic esters (lactones) is 1. The van der Waals surface area contributed by atoms with Gasteiger partial charge in [0.05, 0.1) is 11.7 Å². The molecule has 24 heavy (non-hydrogen) atoms. The summed E-state index contributed by atoms with van der Waals surface area (Å²) in [5, 5.41) is 10.7. The van der Waals surface area contributed by atoms with Crippen molar-refractivity contribution in [3.63, 3.8) is 0 Å². The van der Waals surface area contributed by atoms with Crippen LogP contribution in [0.4, 0.5) is 0 Å². The summed E-state index contributed by atoms with van der Waals surface area (Å²) in [6.07, 6.45) is 8.78. The van der Waals surface area contributed by atoms with Gasteiger partial charge in [-0.25, -0.2) is 4.79 Å². The molecule has 3 atom stereocenters. The van der Waals surface area contributed by atoms with Crippen LogP contribution < -0.4 is 0 Å². The van der Waals surface area contributed by atoms with Gasteiger partial charge in [-0.3, -0.25) is 0 Å². The number of carbonyl (C=O) groups excluding carboxylic acids is 1. The van der Waals surface area contributed by atoms with E-state index in [0.717, 1.165) is 18.1 Å². The second-order valence-corrected chi connectivity index (χ2v) is 11.2. The summed E-state index contributed by atoms with van der Waals surface area (Å²) in [4.78, 5) is 11.4. The molecule has 4 nitrogen and oxygen atoms in total. The van der Waals surface area contributed by atoms with Gasteiger partial charge in [-0.2, -0.15) is 0 Å². The molecule has 0 spiro atoms. The molecule has 1 aliphatic rings. The fraction of sp³-hybridized carbons (Fsp3) is 0.632. The maximum atomic E-state index is 11.4. The van der Waals surface area contributed by atoms with E-state index in [1.807, 2.05) is 25.2 Å². The van der Waals surface area contributed by atoms with Crippen LogP contribution in [-0.2, 0) is 14.0 Å². The fourth-order valence-corrected chi connectivity index (χ4v) is 6.06. The Morgan fingerprint density at radius 1 is 1.46 bits per heavy atom. The van der Waals surface area contributed by atoms with Gasteiger partial charge in [0.25, 0.3) is 0 Å². The maximum Gasteiger partial charge on any atom is 0.331 e. The molecule has 5 heteroatoms. The lowest BCUT2D eigenvalue weighted by Gasteiger charge is -2.41. The third kappa shape index (κ3) is 5.43. The molecule has 1 aliphatic heterocycles. The van der Waals surface area contributed by atoms with Gasteiger partial charge in [0, 0.05) is 12.5 Å². The summed E-state index contributed by atoms with van der Waals surface area (Å²) in [6, 6.07) is 3.02. The highest BCUT2D eigenvalue weighted by Crippen LogP contribution is 2.32. The van der Waals surface area contributed by atoms with Crippen molar-refractivity contribution in [1.29, 1.82) is 0 Å². The van der Waals surface area contributed by atoms with Crippen LogP contribution in [0.1, 0.15) is 40.5 Å². The third-order valence-electron chi connectivity index (χ3n) is 4.95. The predicted molar refractivity (Wildman–Crippen MR) is 100 cm³/mol. The average molecular weight is 353 g/mol. The first-order valence-corrected chi connectivity index (χ1v) is 11.4. The quantitative estimate of drug-likeness (QED) is 0.365. The van der Waals surface area contributed by atoms with E-state index >= 15 is 0 Å². The van der Waals surface area contributed by atoms with Gasteiger partial charge in [-0.05, 0) is 37.6 Å². The lowest BCUT2D eigenvalue weighted by Crippen LogP contribution is -2.51. The average Bonchev–Trinajstić information content (AvgIpc) is 2.58. The largest absolute Gasteiger partial charge is 0.455 e. The Kier molecular flexibility index (Phi) is 8.13. The summed E-state index contributed by atoms with van der Waals surface area (Å²) in [5.74, 6) is -0.329. The minimum absolute atomic E-state index is 0.303. The van der Waals surface area contributed by atoms with E-state index < -0.39 is 20.0 Å². The van der Waals surface area contributed by atoms with Gasteiger partial charge >= 0.3 is 5.97 Å². The molecule has 0 aromatic carbocycles. The summed E-state index contributed by atoms with van der Waals surface area (Å²) >= 11 is 0. The van der Waals surface area contributed by atoms with E-state index in [1.54, 1.807) is 6.08 Å². The van der Waals surface area contributed by atoms with E-state index in [-0.39, 0.29) is 12.1 Å². The number of carbonyl (C=O) groups is 1. The standard InChI is InChI=1S/C19H32O4Si/c1-6-11-17(20)19(5,23-24(7-2,8-3)9-4)15-14-16-12-10-13-18(21)22-16/h6,10,13-17,20H,1,7-9,11-12H2,2-5H3/b15-14+. The monoisotopic (exact) mass is 352 g/mol. The van der Waals surface area contributed by atoms with E-state index in [9.17, 15) is 9.90 Å². The van der Waals surface area contributed by atoms with Crippen LogP contribution in [0.25, 0.3) is 0 Å². The summed E-state index contributed by atoms with van der Waals surface area (Å²) in [6.45, 7) is 12.1. The Bertz CT molecular complexity index is 473. The Morgan fingerprint density at radius 2 is 2.08 bits per heavy atom. The van der Waals surface area contributed by atoms with Gasteiger partial charge in [0.15, 0.2) is 8.32 Å². The molecule has 3 unspecified atom stereocenters. The number of ether oxygens (including phenoxy) is 1. The van der Waals surface area contributed by atoms with Crippen LogP contribution in [0.3, 0.4) is 0 Å². The van der Waals surface area contributed by atoms with Gasteiger partial charge in [0.1, 0.15) is 6.10 Å². The Morgan fingerprint density at radius 3 is 2.58 bits per heavy atom. The first-order valence-electron chi connectivity index (χ1n) is 8.90. The zero-order valence-corrected chi connectivity index (χ0v) is 16.5. The molecule has 0 aromatic rings. The highest BCUT2D eigenvalue weighted by Gasteiger charge is 2.40. The van der Waals surface area contributed by atoms with Crippen LogP contribution in [0.15, 0.2) is 37.0 Å². The summed E-state index contributed by atoms with van der Waals surface area (Å²) < 4.78 is 11.9. The summed E-state index contributed by atoms with van der Waals surface area (Å²) in [5.41, 5.74) is -0.810. The highest BCUT2D eigenvalue weighted by atomic mass is 28.4. The zero-order valence-electron chi connectivity index (χ0n) is 15.5. The molecular weight excluding hydrogens is 320 g/mol. The molecular formula is C19H32O4Si. The van der Waals surface area contributed by atoms with Gasteiger partial charge in [-0.15, -0.1) is 6.58 Å². The van der Waals surface area contributed by atoms with E-state index in [4.69, 9.17) is 9.16 Å². The molecule has 0 fully saturated rings. The first kappa shape index (κ1) is 20.9. The number of hydrogen-bond donors (Lipinski definition) is 1. The minimum atomic E-state index is -1.91. The van der Waals surface area contributed by atoms with Crippen LogP contribution in [0.2, 0.25) is 18.1 Å². The SMILES string of the molecule is C=CCC(O)C(C)(/C=C/C1CC=CC(=O)O1)O[Si](CC)(CC)CC. The van der Waals surface area contributed by atoms with Crippen molar-refractivity contribution >= 4 is 14.3 Å². The topological polar surface area (TPSA) is 55.8 Å². The lowest BCUT2D eigenvalue weighted by molar-refractivity contribution is -0.141. The summed E-state index contributed by atoms with van der Waals surface area (Å²) in [7, 11) is -1.91. The fourth-order valence-electron chi connectivity index (χ4n) is 2.99. The maximum absolute atomic E-state index is 11.4. The Labute approximate surface area is 147 Å². The third-order valence-corrected chi connectivity index (χ3v) is 9.69. The molecule has 0 aliphatic carbocycles. The molecule has 1 heterocycles. The minimum Gasteiger partial charge on any atom is -0.455 e. The van der Waals surface area contributed by atoms with Crippen molar-refractivity contribution in [3.8, 4) is 0 Å². The number of hydrogen-bond acceptors (Lipinski definition) is 4. The van der Waals surface area contributed by atoms with Crippen molar-refractivity contribution in [2.24, 2.45) is 0 Å². The van der Waals surface area contributed by atoms with Gasteiger partial charge < -0.3 is 14.3 Å². The van der Waals surface area contributed by atoms with E-state index in [1.165, 1.54) is 6.08 Å². The number of esters is 1. The smallest absolute Gasteiger partial charge is 0.331 e. The van der Waals surface area contributed by atoms with Crippen LogP contribution in [0.5, 0.6) is 0 Å². The van der Waals surface area contributed by atoms with Gasteiger partial charge in [-0.1, -0.05) is 39.0 Å².